The van der Waals surface area contributed by atoms with E-state index in [1.807, 2.05) is 109 Å². The molecule has 0 spiro atoms. The third-order valence-electron chi connectivity index (χ3n) is 7.46. The normalized spacial score (nSPS) is 21.7. The zero-order valence-corrected chi connectivity index (χ0v) is 25.8. The van der Waals surface area contributed by atoms with Gasteiger partial charge in [0, 0.05) is 12.1 Å². The Balaban J connectivity index is 1.39. The molecule has 8 heteroatoms. The number of hydrogen-bond donors (Lipinski definition) is 0. The highest BCUT2D eigenvalue weighted by molar-refractivity contribution is 6.30. The first-order valence-corrected chi connectivity index (χ1v) is 15.1. The second-order valence-electron chi connectivity index (χ2n) is 10.6. The number of benzene rings is 4. The lowest BCUT2D eigenvalue weighted by Crippen LogP contribution is -2.61. The summed E-state index contributed by atoms with van der Waals surface area (Å²) in [5, 5.41) is 0.680. The van der Waals surface area contributed by atoms with E-state index in [0.29, 0.717) is 31.5 Å². The maximum absolute atomic E-state index is 6.65. The summed E-state index contributed by atoms with van der Waals surface area (Å²) in [6.45, 7) is 1.71. The van der Waals surface area contributed by atoms with E-state index >= 15 is 0 Å². The molecule has 0 saturated carbocycles. The first-order chi connectivity index (χ1) is 21.6. The van der Waals surface area contributed by atoms with Crippen LogP contribution in [-0.4, -0.2) is 51.5 Å². The highest BCUT2D eigenvalue weighted by atomic mass is 35.5. The molecule has 1 fully saturated rings. The molecule has 5 rings (SSSR count). The molecular weight excluding hydrogens is 580 g/mol. The molecule has 7 nitrogen and oxygen atoms in total. The molecule has 0 N–H and O–H groups in total. The summed E-state index contributed by atoms with van der Waals surface area (Å²) in [5.74, 6) is 0.782. The Hall–Kier alpha value is -3.27. The van der Waals surface area contributed by atoms with Crippen LogP contribution in [0, 0.1) is 0 Å². The minimum Gasteiger partial charge on any atom is -0.497 e. The van der Waals surface area contributed by atoms with E-state index < -0.39 is 30.7 Å². The fraction of sp³-hybridized carbons (Fsp3) is 0.333. The molecule has 0 radical (unpaired) electrons. The summed E-state index contributed by atoms with van der Waals surface area (Å²) in [6.07, 6.45) is -2.83. The topological polar surface area (TPSA) is 64.6 Å². The Labute approximate surface area is 264 Å². The Kier molecular flexibility index (Phi) is 12.2. The van der Waals surface area contributed by atoms with E-state index in [2.05, 4.69) is 0 Å². The van der Waals surface area contributed by atoms with Crippen LogP contribution in [0.1, 0.15) is 22.3 Å². The minimum atomic E-state index is -0.704. The van der Waals surface area contributed by atoms with Crippen LogP contribution < -0.4 is 4.74 Å². The molecule has 1 aliphatic heterocycles. The average molecular weight is 619 g/mol. The summed E-state index contributed by atoms with van der Waals surface area (Å²) in [7, 11) is 3.26. The van der Waals surface area contributed by atoms with Crippen LogP contribution in [0.2, 0.25) is 5.02 Å². The maximum atomic E-state index is 6.65. The first-order valence-electron chi connectivity index (χ1n) is 14.7. The van der Waals surface area contributed by atoms with Crippen LogP contribution in [0.4, 0.5) is 0 Å². The van der Waals surface area contributed by atoms with Crippen LogP contribution in [-0.2, 0) is 54.8 Å². The van der Waals surface area contributed by atoms with E-state index in [-0.39, 0.29) is 6.61 Å². The van der Waals surface area contributed by atoms with Gasteiger partial charge in [-0.1, -0.05) is 96.5 Å². The van der Waals surface area contributed by atoms with Crippen molar-refractivity contribution < 1.29 is 33.2 Å². The summed E-state index contributed by atoms with van der Waals surface area (Å²) in [4.78, 5) is 0. The van der Waals surface area contributed by atoms with Gasteiger partial charge in [0.05, 0.1) is 40.1 Å². The number of rotatable bonds is 15. The van der Waals surface area contributed by atoms with E-state index in [4.69, 9.17) is 44.8 Å². The van der Waals surface area contributed by atoms with E-state index in [1.54, 1.807) is 14.2 Å². The zero-order chi connectivity index (χ0) is 30.6. The van der Waals surface area contributed by atoms with Gasteiger partial charge in [-0.3, -0.25) is 0 Å². The van der Waals surface area contributed by atoms with Crippen molar-refractivity contribution >= 4 is 11.6 Å². The lowest BCUT2D eigenvalue weighted by Gasteiger charge is -2.45. The van der Waals surface area contributed by atoms with Crippen molar-refractivity contribution in [3.63, 3.8) is 0 Å². The van der Waals surface area contributed by atoms with Gasteiger partial charge < -0.3 is 33.2 Å². The van der Waals surface area contributed by atoms with Gasteiger partial charge in [-0.15, -0.1) is 0 Å². The Morgan fingerprint density at radius 3 is 1.64 bits per heavy atom. The van der Waals surface area contributed by atoms with Crippen LogP contribution >= 0.6 is 11.6 Å². The van der Waals surface area contributed by atoms with Crippen molar-refractivity contribution in [2.24, 2.45) is 0 Å². The minimum absolute atomic E-state index is 0.256. The predicted molar refractivity (Wildman–Crippen MR) is 168 cm³/mol. The SMILES string of the molecule is COc1ccc(CO[C@H]2[C@H](OCc3ccccc3)[C@@H](OCc3ccccc3)[C@@H](OC)O[C@@H]2COCc2ccc(Cl)cc2)cc1. The predicted octanol–water partition coefficient (Wildman–Crippen LogP) is 6.99. The molecular formula is C36H39ClO7. The fourth-order valence-corrected chi connectivity index (χ4v) is 5.22. The van der Waals surface area contributed by atoms with Crippen molar-refractivity contribution in [3.8, 4) is 5.75 Å². The van der Waals surface area contributed by atoms with E-state index in [0.717, 1.165) is 28.0 Å². The van der Waals surface area contributed by atoms with Gasteiger partial charge in [0.2, 0.25) is 0 Å². The molecule has 0 bridgehead atoms. The fourth-order valence-electron chi connectivity index (χ4n) is 5.09. The van der Waals surface area contributed by atoms with Crippen LogP contribution in [0.3, 0.4) is 0 Å². The number of halogens is 1. The molecule has 232 valence electrons. The van der Waals surface area contributed by atoms with Crippen LogP contribution in [0.5, 0.6) is 5.75 Å². The average Bonchev–Trinajstić information content (AvgIpc) is 3.07. The summed E-state index contributed by atoms with van der Waals surface area (Å²) in [5.41, 5.74) is 4.07. The van der Waals surface area contributed by atoms with Crippen LogP contribution in [0.25, 0.3) is 0 Å². The molecule has 4 aromatic rings. The van der Waals surface area contributed by atoms with Gasteiger partial charge >= 0.3 is 0 Å². The molecule has 0 aliphatic carbocycles. The lowest BCUT2D eigenvalue weighted by atomic mass is 9.97. The van der Waals surface area contributed by atoms with Crippen molar-refractivity contribution in [2.75, 3.05) is 20.8 Å². The largest absolute Gasteiger partial charge is 0.497 e. The van der Waals surface area contributed by atoms with Crippen LogP contribution in [0.15, 0.2) is 109 Å². The van der Waals surface area contributed by atoms with Gasteiger partial charge in [0.15, 0.2) is 6.29 Å². The van der Waals surface area contributed by atoms with Gasteiger partial charge in [-0.25, -0.2) is 0 Å². The van der Waals surface area contributed by atoms with E-state index in [9.17, 15) is 0 Å². The second kappa shape index (κ2) is 16.7. The molecule has 44 heavy (non-hydrogen) atoms. The number of hydrogen-bond acceptors (Lipinski definition) is 7. The highest BCUT2D eigenvalue weighted by Crippen LogP contribution is 2.31. The smallest absolute Gasteiger partial charge is 0.186 e. The van der Waals surface area contributed by atoms with Gasteiger partial charge in [0.1, 0.15) is 30.2 Å². The van der Waals surface area contributed by atoms with E-state index in [1.165, 1.54) is 0 Å². The lowest BCUT2D eigenvalue weighted by molar-refractivity contribution is -0.323. The monoisotopic (exact) mass is 618 g/mol. The number of methoxy groups -OCH3 is 2. The van der Waals surface area contributed by atoms with Gasteiger partial charge in [-0.05, 0) is 46.5 Å². The quantitative estimate of drug-likeness (QED) is 0.142. The third-order valence-corrected chi connectivity index (χ3v) is 7.71. The summed E-state index contributed by atoms with van der Waals surface area (Å²) < 4.78 is 43.6. The summed E-state index contributed by atoms with van der Waals surface area (Å²) >= 11 is 6.07. The molecule has 5 atom stereocenters. The molecule has 0 amide bonds. The molecule has 1 saturated heterocycles. The van der Waals surface area contributed by atoms with Crippen molar-refractivity contribution in [3.05, 3.63) is 136 Å². The summed E-state index contributed by atoms with van der Waals surface area (Å²) in [6, 6.07) is 35.4. The van der Waals surface area contributed by atoms with Crippen molar-refractivity contribution in [1.29, 1.82) is 0 Å². The third kappa shape index (κ3) is 9.13. The first kappa shape index (κ1) is 32.1. The Morgan fingerprint density at radius 2 is 1.07 bits per heavy atom. The number of ether oxygens (including phenoxy) is 7. The Bertz CT molecular complexity index is 1370. The molecule has 1 heterocycles. The van der Waals surface area contributed by atoms with Gasteiger partial charge in [-0.2, -0.15) is 0 Å². The second-order valence-corrected chi connectivity index (χ2v) is 11.0. The van der Waals surface area contributed by atoms with Crippen molar-refractivity contribution in [1.82, 2.24) is 0 Å². The molecule has 0 unspecified atom stereocenters. The van der Waals surface area contributed by atoms with Gasteiger partial charge in [0.25, 0.3) is 0 Å². The Morgan fingerprint density at radius 1 is 0.568 bits per heavy atom. The maximum Gasteiger partial charge on any atom is 0.186 e. The standard InChI is InChI=1S/C36H39ClO7/c1-38-31-19-15-29(16-20-31)24-41-33-32(25-40-21-28-13-17-30(37)18-14-28)44-36(39-2)35(43-23-27-11-7-4-8-12-27)34(33)42-22-26-9-5-3-6-10-26/h3-20,32-36H,21-25H2,1-2H3/t32-,33-,34+,35-,36+/m1/s1. The molecule has 4 aromatic carbocycles. The molecule has 1 aliphatic rings. The molecule has 0 aromatic heterocycles. The van der Waals surface area contributed by atoms with Crippen molar-refractivity contribution in [2.45, 2.75) is 57.1 Å². The zero-order valence-electron chi connectivity index (χ0n) is 25.1. The highest BCUT2D eigenvalue weighted by Gasteiger charge is 2.48.